The second-order valence-corrected chi connectivity index (χ2v) is 7.06. The Bertz CT molecular complexity index is 811. The summed E-state index contributed by atoms with van der Waals surface area (Å²) in [6, 6.07) is 12.6. The fourth-order valence-electron chi connectivity index (χ4n) is 2.48. The summed E-state index contributed by atoms with van der Waals surface area (Å²) in [7, 11) is 1.53. The molecule has 0 heterocycles. The van der Waals surface area contributed by atoms with Gasteiger partial charge in [-0.15, -0.1) is 0 Å². The quantitative estimate of drug-likeness (QED) is 0.747. The van der Waals surface area contributed by atoms with Crippen molar-refractivity contribution in [3.63, 3.8) is 0 Å². The highest BCUT2D eigenvalue weighted by atomic mass is 16.5. The van der Waals surface area contributed by atoms with Gasteiger partial charge < -0.3 is 15.2 Å². The zero-order valence-electron chi connectivity index (χ0n) is 15.6. The fraction of sp³-hybridized carbons (Fsp3) is 0.333. The predicted octanol–water partition coefficient (Wildman–Crippen LogP) is 3.31. The molecule has 0 aliphatic rings. The summed E-state index contributed by atoms with van der Waals surface area (Å²) in [4.78, 5) is 24.2. The lowest BCUT2D eigenvalue weighted by molar-refractivity contribution is 0.0910. The number of aliphatic hydroxyl groups excluding tert-OH is 1. The van der Waals surface area contributed by atoms with E-state index in [1.54, 1.807) is 30.3 Å². The highest BCUT2D eigenvalue weighted by Gasteiger charge is 2.18. The van der Waals surface area contributed by atoms with Crippen LogP contribution in [-0.4, -0.2) is 37.1 Å². The van der Waals surface area contributed by atoms with Crippen LogP contribution in [0, 0.1) is 5.41 Å². The van der Waals surface area contributed by atoms with Crippen LogP contribution >= 0.6 is 0 Å². The van der Waals surface area contributed by atoms with Crippen molar-refractivity contribution < 1.29 is 19.4 Å². The zero-order valence-corrected chi connectivity index (χ0v) is 15.6. The van der Waals surface area contributed by atoms with Crippen LogP contribution in [0.25, 0.3) is 11.1 Å². The predicted molar refractivity (Wildman–Crippen MR) is 102 cm³/mol. The normalized spacial score (nSPS) is 11.1. The van der Waals surface area contributed by atoms with E-state index < -0.39 is 0 Å². The molecule has 0 aliphatic carbocycles. The van der Waals surface area contributed by atoms with Crippen molar-refractivity contribution in [3.8, 4) is 16.9 Å². The minimum atomic E-state index is -0.375. The first-order chi connectivity index (χ1) is 12.3. The Morgan fingerprint density at radius 2 is 1.81 bits per heavy atom. The standard InChI is InChI=1S/C21H25NO4/c1-14(24)18-11-16(8-9-19(18)26-4)15-6-5-7-17(10-15)20(25)22-12-21(2,3)13-23/h5-11,23H,12-13H2,1-4H3,(H,22,25). The first kappa shape index (κ1) is 19.7. The lowest BCUT2D eigenvalue weighted by Gasteiger charge is -2.21. The highest BCUT2D eigenvalue weighted by Crippen LogP contribution is 2.27. The highest BCUT2D eigenvalue weighted by molar-refractivity contribution is 5.99. The molecule has 5 heteroatoms. The van der Waals surface area contributed by atoms with Crippen molar-refractivity contribution >= 4 is 11.7 Å². The van der Waals surface area contributed by atoms with E-state index in [0.29, 0.717) is 23.4 Å². The number of hydrogen-bond donors (Lipinski definition) is 2. The monoisotopic (exact) mass is 355 g/mol. The van der Waals surface area contributed by atoms with E-state index in [1.807, 2.05) is 26.0 Å². The fourth-order valence-corrected chi connectivity index (χ4v) is 2.48. The molecule has 0 aliphatic heterocycles. The lowest BCUT2D eigenvalue weighted by atomic mass is 9.94. The number of amides is 1. The van der Waals surface area contributed by atoms with Crippen LogP contribution < -0.4 is 10.1 Å². The van der Waals surface area contributed by atoms with E-state index in [9.17, 15) is 14.7 Å². The molecule has 0 aromatic heterocycles. The molecule has 0 atom stereocenters. The van der Waals surface area contributed by atoms with Gasteiger partial charge in [0.2, 0.25) is 0 Å². The second kappa shape index (κ2) is 8.15. The van der Waals surface area contributed by atoms with Gasteiger partial charge in [-0.25, -0.2) is 0 Å². The number of aliphatic hydroxyl groups is 1. The zero-order chi connectivity index (χ0) is 19.3. The molecule has 1 amide bonds. The first-order valence-electron chi connectivity index (χ1n) is 8.46. The van der Waals surface area contributed by atoms with Gasteiger partial charge in [-0.3, -0.25) is 9.59 Å². The minimum absolute atomic E-state index is 0.00695. The number of benzene rings is 2. The number of hydrogen-bond acceptors (Lipinski definition) is 4. The minimum Gasteiger partial charge on any atom is -0.496 e. The van der Waals surface area contributed by atoms with Gasteiger partial charge in [-0.2, -0.15) is 0 Å². The average Bonchev–Trinajstić information content (AvgIpc) is 2.65. The Morgan fingerprint density at radius 3 is 2.42 bits per heavy atom. The molecule has 2 aromatic carbocycles. The Balaban J connectivity index is 2.28. The number of Topliss-reactive ketones (excluding diaryl/α,β-unsaturated/α-hetero) is 1. The molecule has 2 aromatic rings. The first-order valence-corrected chi connectivity index (χ1v) is 8.46. The van der Waals surface area contributed by atoms with Gasteiger partial charge in [0.25, 0.3) is 5.91 Å². The summed E-state index contributed by atoms with van der Waals surface area (Å²) in [6.07, 6.45) is 0. The molecule has 138 valence electrons. The Hall–Kier alpha value is -2.66. The van der Waals surface area contributed by atoms with Crippen LogP contribution in [-0.2, 0) is 0 Å². The molecular formula is C21H25NO4. The number of methoxy groups -OCH3 is 1. The van der Waals surface area contributed by atoms with Gasteiger partial charge in [0, 0.05) is 24.1 Å². The summed E-state index contributed by atoms with van der Waals surface area (Å²) in [5, 5.41) is 12.1. The molecule has 2 N–H and O–H groups in total. The molecule has 0 saturated carbocycles. The maximum atomic E-state index is 12.4. The number of nitrogens with one attached hydrogen (secondary N) is 1. The van der Waals surface area contributed by atoms with Crippen LogP contribution in [0.3, 0.4) is 0 Å². The van der Waals surface area contributed by atoms with Crippen molar-refractivity contribution in [2.45, 2.75) is 20.8 Å². The smallest absolute Gasteiger partial charge is 0.251 e. The summed E-state index contributed by atoms with van der Waals surface area (Å²) in [5.41, 5.74) is 2.33. The molecule has 2 rings (SSSR count). The second-order valence-electron chi connectivity index (χ2n) is 7.06. The van der Waals surface area contributed by atoms with Crippen molar-refractivity contribution in [2.24, 2.45) is 5.41 Å². The van der Waals surface area contributed by atoms with Crippen molar-refractivity contribution in [1.82, 2.24) is 5.32 Å². The Kier molecular flexibility index (Phi) is 6.16. The summed E-state index contributed by atoms with van der Waals surface area (Å²) >= 11 is 0. The average molecular weight is 355 g/mol. The molecular weight excluding hydrogens is 330 g/mol. The van der Waals surface area contributed by atoms with Crippen molar-refractivity contribution in [1.29, 1.82) is 0 Å². The number of rotatable bonds is 7. The lowest BCUT2D eigenvalue weighted by Crippen LogP contribution is -2.36. The summed E-state index contributed by atoms with van der Waals surface area (Å²) in [6.45, 7) is 5.62. The molecule has 0 saturated heterocycles. The van der Waals surface area contributed by atoms with Crippen LogP contribution in [0.15, 0.2) is 42.5 Å². The third-order valence-corrected chi connectivity index (χ3v) is 4.19. The Labute approximate surface area is 154 Å². The van der Waals surface area contributed by atoms with Crippen LogP contribution in [0.2, 0.25) is 0 Å². The van der Waals surface area contributed by atoms with E-state index in [1.165, 1.54) is 14.0 Å². The molecule has 5 nitrogen and oxygen atoms in total. The molecule has 0 unspecified atom stereocenters. The molecule has 26 heavy (non-hydrogen) atoms. The van der Waals surface area contributed by atoms with Gasteiger partial charge >= 0.3 is 0 Å². The van der Waals surface area contributed by atoms with Gasteiger partial charge in [0.1, 0.15) is 5.75 Å². The number of carbonyl (C=O) groups excluding carboxylic acids is 2. The maximum Gasteiger partial charge on any atom is 0.251 e. The molecule has 0 spiro atoms. The molecule has 0 fully saturated rings. The van der Waals surface area contributed by atoms with Gasteiger partial charge in [-0.1, -0.05) is 32.0 Å². The third-order valence-electron chi connectivity index (χ3n) is 4.19. The topological polar surface area (TPSA) is 75.6 Å². The van der Waals surface area contributed by atoms with E-state index >= 15 is 0 Å². The number of ether oxygens (including phenoxy) is 1. The summed E-state index contributed by atoms with van der Waals surface area (Å²) < 4.78 is 5.23. The van der Waals surface area contributed by atoms with Crippen molar-refractivity contribution in [3.05, 3.63) is 53.6 Å². The van der Waals surface area contributed by atoms with E-state index in [2.05, 4.69) is 5.32 Å². The summed E-state index contributed by atoms with van der Waals surface area (Å²) in [5.74, 6) is 0.249. The molecule has 0 radical (unpaired) electrons. The number of ketones is 1. The number of carbonyl (C=O) groups is 2. The van der Waals surface area contributed by atoms with Crippen LogP contribution in [0.5, 0.6) is 5.75 Å². The Morgan fingerprint density at radius 1 is 1.12 bits per heavy atom. The van der Waals surface area contributed by atoms with Gasteiger partial charge in [0.05, 0.1) is 12.7 Å². The maximum absolute atomic E-state index is 12.4. The van der Waals surface area contributed by atoms with E-state index in [4.69, 9.17) is 4.74 Å². The van der Waals surface area contributed by atoms with E-state index in [-0.39, 0.29) is 23.7 Å². The van der Waals surface area contributed by atoms with Gasteiger partial charge in [-0.05, 0) is 42.3 Å². The molecule has 0 bridgehead atoms. The van der Waals surface area contributed by atoms with Crippen LogP contribution in [0.4, 0.5) is 0 Å². The third kappa shape index (κ3) is 4.70. The van der Waals surface area contributed by atoms with Crippen molar-refractivity contribution in [2.75, 3.05) is 20.3 Å². The largest absolute Gasteiger partial charge is 0.496 e. The van der Waals surface area contributed by atoms with E-state index in [0.717, 1.165) is 11.1 Å². The van der Waals surface area contributed by atoms with Crippen LogP contribution in [0.1, 0.15) is 41.5 Å². The SMILES string of the molecule is COc1ccc(-c2cccc(C(=O)NCC(C)(C)CO)c2)cc1C(C)=O. The van der Waals surface area contributed by atoms with Gasteiger partial charge in [0.15, 0.2) is 5.78 Å².